The quantitative estimate of drug-likeness (QED) is 0.580. The molecule has 7 nitrogen and oxygen atoms in total. The number of aliphatic hydroxyl groups is 1. The van der Waals surface area contributed by atoms with Crippen molar-refractivity contribution >= 4 is 23.0 Å². The van der Waals surface area contributed by atoms with Crippen molar-refractivity contribution < 1.29 is 19.4 Å². The zero-order chi connectivity index (χ0) is 19.6. The lowest BCUT2D eigenvalue weighted by atomic mass is 9.98. The van der Waals surface area contributed by atoms with Crippen molar-refractivity contribution in [1.29, 1.82) is 0 Å². The van der Waals surface area contributed by atoms with Crippen LogP contribution in [0.15, 0.2) is 35.7 Å². The highest BCUT2D eigenvalue weighted by Gasteiger charge is 2.44. The van der Waals surface area contributed by atoms with Gasteiger partial charge in [-0.15, -0.1) is 11.3 Å². The predicted octanol–water partition coefficient (Wildman–Crippen LogP) is 2.77. The summed E-state index contributed by atoms with van der Waals surface area (Å²) in [6, 6.07) is 4.57. The SMILES string of the molecule is COCCCN1C(=O)C(O)=C(C(=O)c2sc(C)nc2C)C1c1ccccn1. The minimum atomic E-state index is -0.732. The Labute approximate surface area is 161 Å². The lowest BCUT2D eigenvalue weighted by Crippen LogP contribution is -2.33. The fourth-order valence-electron chi connectivity index (χ4n) is 3.20. The number of ketones is 1. The van der Waals surface area contributed by atoms with E-state index in [0.717, 1.165) is 5.01 Å². The molecule has 0 aromatic carbocycles. The number of nitrogens with zero attached hydrogens (tertiary/aromatic N) is 3. The molecular formula is C19H21N3O4S. The number of methoxy groups -OCH3 is 1. The normalized spacial score (nSPS) is 17.1. The maximum atomic E-state index is 13.2. The van der Waals surface area contributed by atoms with E-state index in [0.29, 0.717) is 35.8 Å². The minimum Gasteiger partial charge on any atom is -0.503 e. The number of aliphatic hydroxyl groups excluding tert-OH is 1. The molecule has 2 aromatic rings. The van der Waals surface area contributed by atoms with E-state index in [1.165, 1.54) is 16.2 Å². The third-order valence-electron chi connectivity index (χ3n) is 4.37. The number of ether oxygens (including phenoxy) is 1. The van der Waals surface area contributed by atoms with Crippen LogP contribution in [0, 0.1) is 13.8 Å². The van der Waals surface area contributed by atoms with Crippen LogP contribution in [-0.4, -0.2) is 51.9 Å². The van der Waals surface area contributed by atoms with E-state index in [2.05, 4.69) is 9.97 Å². The van der Waals surface area contributed by atoms with Crippen LogP contribution in [0.3, 0.4) is 0 Å². The fraction of sp³-hybridized carbons (Fsp3) is 0.368. The molecule has 142 valence electrons. The zero-order valence-corrected chi connectivity index (χ0v) is 16.2. The van der Waals surface area contributed by atoms with Crippen LogP contribution in [0.5, 0.6) is 0 Å². The van der Waals surface area contributed by atoms with E-state index < -0.39 is 17.7 Å². The summed E-state index contributed by atoms with van der Waals surface area (Å²) in [6.45, 7) is 4.37. The molecule has 27 heavy (non-hydrogen) atoms. The highest BCUT2D eigenvalue weighted by molar-refractivity contribution is 7.14. The number of hydrogen-bond donors (Lipinski definition) is 1. The minimum absolute atomic E-state index is 0.0582. The van der Waals surface area contributed by atoms with E-state index in [-0.39, 0.29) is 11.4 Å². The van der Waals surface area contributed by atoms with Gasteiger partial charge >= 0.3 is 0 Å². The fourth-order valence-corrected chi connectivity index (χ4v) is 4.08. The van der Waals surface area contributed by atoms with E-state index in [1.807, 2.05) is 6.92 Å². The lowest BCUT2D eigenvalue weighted by Gasteiger charge is -2.25. The van der Waals surface area contributed by atoms with E-state index in [9.17, 15) is 14.7 Å². The van der Waals surface area contributed by atoms with E-state index in [4.69, 9.17) is 4.74 Å². The summed E-state index contributed by atoms with van der Waals surface area (Å²) in [6.07, 6.45) is 2.19. The maximum absolute atomic E-state index is 13.2. The molecule has 1 aliphatic rings. The van der Waals surface area contributed by atoms with Crippen LogP contribution in [0.1, 0.15) is 38.5 Å². The lowest BCUT2D eigenvalue weighted by molar-refractivity contribution is -0.129. The first-order chi connectivity index (χ1) is 13.0. The molecule has 0 aliphatic carbocycles. The number of hydrogen-bond acceptors (Lipinski definition) is 7. The van der Waals surface area contributed by atoms with Crippen molar-refractivity contribution in [3.05, 3.63) is 57.0 Å². The second-order valence-electron chi connectivity index (χ2n) is 6.24. The van der Waals surface area contributed by atoms with Gasteiger partial charge in [0.2, 0.25) is 5.78 Å². The van der Waals surface area contributed by atoms with Gasteiger partial charge in [-0.1, -0.05) is 6.07 Å². The van der Waals surface area contributed by atoms with E-state index in [1.54, 1.807) is 38.4 Å². The number of thiazole rings is 1. The molecule has 0 saturated carbocycles. The summed E-state index contributed by atoms with van der Waals surface area (Å²) in [5.74, 6) is -1.46. The molecule has 0 radical (unpaired) electrons. The maximum Gasteiger partial charge on any atom is 0.290 e. The van der Waals surface area contributed by atoms with Crippen LogP contribution in [0.25, 0.3) is 0 Å². The van der Waals surface area contributed by atoms with Crippen LogP contribution >= 0.6 is 11.3 Å². The summed E-state index contributed by atoms with van der Waals surface area (Å²) >= 11 is 1.26. The van der Waals surface area contributed by atoms with Gasteiger partial charge in [-0.2, -0.15) is 0 Å². The second kappa shape index (κ2) is 7.98. The topological polar surface area (TPSA) is 92.6 Å². The Bertz CT molecular complexity index is 892. The molecule has 3 heterocycles. The van der Waals surface area contributed by atoms with Crippen molar-refractivity contribution in [3.63, 3.8) is 0 Å². The highest BCUT2D eigenvalue weighted by atomic mass is 32.1. The van der Waals surface area contributed by atoms with Gasteiger partial charge in [0, 0.05) is 26.5 Å². The summed E-state index contributed by atoms with van der Waals surface area (Å²) in [4.78, 5) is 36.4. The largest absolute Gasteiger partial charge is 0.503 e. The molecule has 1 amide bonds. The molecule has 0 fully saturated rings. The Hall–Kier alpha value is -2.58. The monoisotopic (exact) mass is 387 g/mol. The Morgan fingerprint density at radius 2 is 2.15 bits per heavy atom. The first-order valence-corrected chi connectivity index (χ1v) is 9.40. The number of amides is 1. The second-order valence-corrected chi connectivity index (χ2v) is 7.44. The molecule has 3 rings (SSSR count). The summed E-state index contributed by atoms with van der Waals surface area (Å²) < 4.78 is 5.06. The van der Waals surface area contributed by atoms with Gasteiger partial charge in [0.25, 0.3) is 5.91 Å². The van der Waals surface area contributed by atoms with Crippen molar-refractivity contribution in [3.8, 4) is 0 Å². The van der Waals surface area contributed by atoms with Gasteiger partial charge in [-0.25, -0.2) is 4.98 Å². The summed E-state index contributed by atoms with van der Waals surface area (Å²) in [5, 5.41) is 11.3. The Morgan fingerprint density at radius 1 is 1.37 bits per heavy atom. The van der Waals surface area contributed by atoms with Crippen LogP contribution in [0.2, 0.25) is 0 Å². The van der Waals surface area contributed by atoms with Crippen molar-refractivity contribution in [2.45, 2.75) is 26.3 Å². The molecule has 0 bridgehead atoms. The van der Waals surface area contributed by atoms with Gasteiger partial charge in [0.1, 0.15) is 6.04 Å². The van der Waals surface area contributed by atoms with Gasteiger partial charge in [-0.3, -0.25) is 14.6 Å². The molecule has 1 atom stereocenters. The molecule has 2 aromatic heterocycles. The molecule has 1 unspecified atom stereocenters. The number of aromatic nitrogens is 2. The highest BCUT2D eigenvalue weighted by Crippen LogP contribution is 2.39. The summed E-state index contributed by atoms with van der Waals surface area (Å²) in [7, 11) is 1.58. The van der Waals surface area contributed by atoms with Gasteiger partial charge in [0.15, 0.2) is 5.76 Å². The van der Waals surface area contributed by atoms with E-state index >= 15 is 0 Å². The van der Waals surface area contributed by atoms with Crippen LogP contribution in [-0.2, 0) is 9.53 Å². The predicted molar refractivity (Wildman–Crippen MR) is 101 cm³/mol. The Kier molecular flexibility index (Phi) is 5.67. The number of carbonyl (C=O) groups is 2. The Balaban J connectivity index is 2.04. The number of rotatable bonds is 7. The first kappa shape index (κ1) is 19.2. The Morgan fingerprint density at radius 3 is 2.74 bits per heavy atom. The molecule has 8 heteroatoms. The third kappa shape index (κ3) is 3.63. The van der Waals surface area contributed by atoms with Crippen molar-refractivity contribution in [2.75, 3.05) is 20.3 Å². The molecule has 0 spiro atoms. The molecule has 0 saturated heterocycles. The molecule has 1 aliphatic heterocycles. The number of pyridine rings is 1. The van der Waals surface area contributed by atoms with Gasteiger partial charge in [-0.05, 0) is 32.4 Å². The number of carbonyl (C=O) groups excluding carboxylic acids is 2. The van der Waals surface area contributed by atoms with Crippen molar-refractivity contribution in [1.82, 2.24) is 14.9 Å². The average molecular weight is 387 g/mol. The number of Topliss-reactive ketones (excluding diaryl/α,β-unsaturated/α-hetero) is 1. The van der Waals surface area contributed by atoms with Crippen LogP contribution < -0.4 is 0 Å². The smallest absolute Gasteiger partial charge is 0.290 e. The summed E-state index contributed by atoms with van der Waals surface area (Å²) in [5.41, 5.74) is 1.19. The molecular weight excluding hydrogens is 366 g/mol. The van der Waals surface area contributed by atoms with Crippen molar-refractivity contribution in [2.24, 2.45) is 0 Å². The van der Waals surface area contributed by atoms with Crippen LogP contribution in [0.4, 0.5) is 0 Å². The third-order valence-corrected chi connectivity index (χ3v) is 5.45. The zero-order valence-electron chi connectivity index (χ0n) is 15.4. The standard InChI is InChI=1S/C19H21N3O4S/c1-11-18(27-12(2)21-11)16(23)14-15(13-7-4-5-8-20-13)22(9-6-10-26-3)19(25)17(14)24/h4-5,7-8,15,24H,6,9-10H2,1-3H3. The number of aryl methyl sites for hydroxylation is 2. The average Bonchev–Trinajstić information content (AvgIpc) is 3.12. The van der Waals surface area contributed by atoms with Gasteiger partial charge in [0.05, 0.1) is 26.8 Å². The first-order valence-electron chi connectivity index (χ1n) is 8.58. The molecule has 1 N–H and O–H groups in total. The van der Waals surface area contributed by atoms with Gasteiger partial charge < -0.3 is 14.7 Å².